The van der Waals surface area contributed by atoms with E-state index < -0.39 is 0 Å². The second-order valence-corrected chi connectivity index (χ2v) is 8.38. The van der Waals surface area contributed by atoms with Gasteiger partial charge in [-0.05, 0) is 56.2 Å². The number of benzene rings is 3. The minimum absolute atomic E-state index is 0.0530. The van der Waals surface area contributed by atoms with Gasteiger partial charge in [-0.3, -0.25) is 0 Å². The number of hydrogen-bond acceptors (Lipinski definition) is 3. The van der Waals surface area contributed by atoms with E-state index in [1.165, 1.54) is 11.1 Å². The van der Waals surface area contributed by atoms with E-state index in [4.69, 9.17) is 11.6 Å². The number of carbonyl (C=O) groups is 1. The zero-order valence-corrected chi connectivity index (χ0v) is 18.5. The summed E-state index contributed by atoms with van der Waals surface area (Å²) >= 11 is 6.23. The Labute approximate surface area is 187 Å². The van der Waals surface area contributed by atoms with Gasteiger partial charge in [0.15, 0.2) is 0 Å². The van der Waals surface area contributed by atoms with Gasteiger partial charge in [-0.2, -0.15) is 5.10 Å². The summed E-state index contributed by atoms with van der Waals surface area (Å²) in [7, 11) is 0. The van der Waals surface area contributed by atoms with E-state index in [1.54, 1.807) is 0 Å². The van der Waals surface area contributed by atoms with Crippen LogP contribution in [-0.4, -0.2) is 11.7 Å². The topological polar surface area (TPSA) is 65.5 Å². The number of nitrogens with zero attached hydrogens (tertiary/aromatic N) is 1. The molecule has 0 saturated carbocycles. The Morgan fingerprint density at radius 3 is 2.48 bits per heavy atom. The fourth-order valence-corrected chi connectivity index (χ4v) is 3.92. The van der Waals surface area contributed by atoms with Gasteiger partial charge in [-0.1, -0.05) is 59.1 Å². The number of hydrogen-bond donors (Lipinski definition) is 3. The van der Waals surface area contributed by atoms with Crippen LogP contribution < -0.4 is 16.1 Å². The second-order valence-electron chi connectivity index (χ2n) is 7.94. The van der Waals surface area contributed by atoms with Gasteiger partial charge >= 0.3 is 6.03 Å². The van der Waals surface area contributed by atoms with Crippen molar-refractivity contribution < 1.29 is 4.79 Å². The molecular formula is C25H25ClN4O. The molecular weight excluding hydrogens is 408 g/mol. The van der Waals surface area contributed by atoms with Gasteiger partial charge in [-0.15, -0.1) is 0 Å². The zero-order chi connectivity index (χ0) is 22.0. The van der Waals surface area contributed by atoms with Crippen LogP contribution in [0.15, 0.2) is 65.8 Å². The number of hydrazone groups is 1. The Bertz CT molecular complexity index is 1150. The lowest BCUT2D eigenvalue weighted by atomic mass is 9.91. The quantitative estimate of drug-likeness (QED) is 0.422. The molecule has 0 aliphatic carbocycles. The van der Waals surface area contributed by atoms with Crippen LogP contribution in [0, 0.1) is 20.8 Å². The number of urea groups is 1. The Balaban J connectivity index is 1.57. The van der Waals surface area contributed by atoms with Crippen LogP contribution in [0.3, 0.4) is 0 Å². The molecule has 5 nitrogen and oxygen atoms in total. The minimum Gasteiger partial charge on any atom is -0.377 e. The molecule has 0 aromatic heterocycles. The number of anilines is 2. The zero-order valence-electron chi connectivity index (χ0n) is 17.8. The Morgan fingerprint density at radius 1 is 1.00 bits per heavy atom. The Kier molecular flexibility index (Phi) is 5.96. The predicted molar refractivity (Wildman–Crippen MR) is 128 cm³/mol. The fourth-order valence-electron chi connectivity index (χ4n) is 3.75. The molecule has 3 aromatic rings. The van der Waals surface area contributed by atoms with Gasteiger partial charge in [-0.25, -0.2) is 10.2 Å². The highest BCUT2D eigenvalue weighted by molar-refractivity contribution is 6.31. The average molecular weight is 433 g/mol. The number of nitrogens with one attached hydrogen (secondary N) is 3. The third kappa shape index (κ3) is 4.89. The number of fused-ring (bicyclic) bond motifs is 1. The van der Waals surface area contributed by atoms with Crippen molar-refractivity contribution in [3.63, 3.8) is 0 Å². The van der Waals surface area contributed by atoms with E-state index in [2.05, 4.69) is 52.3 Å². The molecule has 0 fully saturated rings. The largest absolute Gasteiger partial charge is 0.377 e. The van der Waals surface area contributed by atoms with Crippen LogP contribution in [-0.2, 0) is 0 Å². The summed E-state index contributed by atoms with van der Waals surface area (Å²) in [5.41, 5.74) is 10.5. The molecule has 0 saturated heterocycles. The van der Waals surface area contributed by atoms with Gasteiger partial charge in [0.1, 0.15) is 0 Å². The number of aryl methyl sites for hydroxylation is 3. The van der Waals surface area contributed by atoms with Gasteiger partial charge in [0, 0.05) is 28.4 Å². The first-order chi connectivity index (χ1) is 14.9. The molecule has 3 N–H and O–H groups in total. The van der Waals surface area contributed by atoms with Crippen LogP contribution in [0.4, 0.5) is 16.2 Å². The molecule has 0 bridgehead atoms. The average Bonchev–Trinajstić information content (AvgIpc) is 2.74. The molecule has 0 radical (unpaired) electrons. The van der Waals surface area contributed by atoms with Gasteiger partial charge in [0.2, 0.25) is 0 Å². The highest BCUT2D eigenvalue weighted by Gasteiger charge is 2.25. The molecule has 6 heteroatoms. The Hall–Kier alpha value is -3.31. The summed E-state index contributed by atoms with van der Waals surface area (Å²) in [4.78, 5) is 12.5. The van der Waals surface area contributed by atoms with Crippen molar-refractivity contribution in [2.24, 2.45) is 5.10 Å². The standard InChI is InChI=1S/C25H25ClN4O/c1-15-4-7-18(8-5-15)23-14-24(20-13-19(26)9-11-22(20)27-23)29-30-25(31)28-21-10-6-16(2)12-17(21)3/h4-13,23,27H,14H2,1-3H3,(H2,28,30,31). The molecule has 2 amide bonds. The van der Waals surface area contributed by atoms with E-state index in [1.807, 2.05) is 50.2 Å². The summed E-state index contributed by atoms with van der Waals surface area (Å²) in [6.45, 7) is 6.05. The second kappa shape index (κ2) is 8.82. The normalized spacial score (nSPS) is 16.4. The van der Waals surface area contributed by atoms with Crippen molar-refractivity contribution in [2.45, 2.75) is 33.2 Å². The van der Waals surface area contributed by atoms with Crippen molar-refractivity contribution in [3.05, 3.63) is 93.5 Å². The van der Waals surface area contributed by atoms with Gasteiger partial charge < -0.3 is 10.6 Å². The van der Waals surface area contributed by atoms with Crippen molar-refractivity contribution in [1.82, 2.24) is 5.43 Å². The fraction of sp³-hybridized carbons (Fsp3) is 0.200. The SMILES string of the molecule is Cc1ccc(C2CC(=NNC(=O)Nc3ccc(C)cc3C)c3cc(Cl)ccc3N2)cc1. The van der Waals surface area contributed by atoms with Gasteiger partial charge in [0.25, 0.3) is 0 Å². The van der Waals surface area contributed by atoms with Crippen molar-refractivity contribution in [1.29, 1.82) is 0 Å². The molecule has 0 spiro atoms. The van der Waals surface area contributed by atoms with Crippen LogP contribution in [0.5, 0.6) is 0 Å². The van der Waals surface area contributed by atoms with Crippen LogP contribution in [0.25, 0.3) is 0 Å². The summed E-state index contributed by atoms with van der Waals surface area (Å²) < 4.78 is 0. The summed E-state index contributed by atoms with van der Waals surface area (Å²) in [5, 5.41) is 11.5. The van der Waals surface area contributed by atoms with E-state index in [0.29, 0.717) is 11.4 Å². The third-order valence-electron chi connectivity index (χ3n) is 5.42. The molecule has 1 unspecified atom stereocenters. The number of amides is 2. The van der Waals surface area contributed by atoms with Gasteiger partial charge in [0.05, 0.1) is 11.8 Å². The molecule has 3 aromatic carbocycles. The first kappa shape index (κ1) is 20.9. The molecule has 4 rings (SSSR count). The molecule has 1 aliphatic heterocycles. The highest BCUT2D eigenvalue weighted by atomic mass is 35.5. The van der Waals surface area contributed by atoms with E-state index >= 15 is 0 Å². The van der Waals surface area contributed by atoms with Crippen molar-refractivity contribution in [3.8, 4) is 0 Å². The predicted octanol–water partition coefficient (Wildman–Crippen LogP) is 6.35. The summed E-state index contributed by atoms with van der Waals surface area (Å²) in [5.74, 6) is 0. The number of halogens is 1. The number of rotatable bonds is 3. The van der Waals surface area contributed by atoms with E-state index in [9.17, 15) is 4.79 Å². The van der Waals surface area contributed by atoms with Crippen LogP contribution in [0.2, 0.25) is 5.02 Å². The molecule has 1 heterocycles. The summed E-state index contributed by atoms with van der Waals surface area (Å²) in [6, 6.07) is 19.7. The lowest BCUT2D eigenvalue weighted by Crippen LogP contribution is -2.29. The first-order valence-electron chi connectivity index (χ1n) is 10.2. The lowest BCUT2D eigenvalue weighted by Gasteiger charge is -2.29. The van der Waals surface area contributed by atoms with E-state index in [0.717, 1.165) is 33.8 Å². The maximum absolute atomic E-state index is 12.5. The van der Waals surface area contributed by atoms with Crippen molar-refractivity contribution in [2.75, 3.05) is 10.6 Å². The maximum atomic E-state index is 12.5. The molecule has 31 heavy (non-hydrogen) atoms. The summed E-state index contributed by atoms with van der Waals surface area (Å²) in [6.07, 6.45) is 0.625. The molecule has 158 valence electrons. The number of carbonyl (C=O) groups excluding carboxylic acids is 1. The first-order valence-corrected chi connectivity index (χ1v) is 10.6. The van der Waals surface area contributed by atoms with Crippen molar-refractivity contribution >= 4 is 34.7 Å². The highest BCUT2D eigenvalue weighted by Crippen LogP contribution is 2.34. The maximum Gasteiger partial charge on any atom is 0.339 e. The van der Waals surface area contributed by atoms with Crippen LogP contribution in [0.1, 0.15) is 40.3 Å². The minimum atomic E-state index is -0.381. The smallest absolute Gasteiger partial charge is 0.339 e. The monoisotopic (exact) mass is 432 g/mol. The molecule has 1 aliphatic rings. The van der Waals surface area contributed by atoms with Crippen LogP contribution >= 0.6 is 11.6 Å². The third-order valence-corrected chi connectivity index (χ3v) is 5.66. The van der Waals surface area contributed by atoms with E-state index in [-0.39, 0.29) is 12.1 Å². The Morgan fingerprint density at radius 2 is 1.74 bits per heavy atom. The lowest BCUT2D eigenvalue weighted by molar-refractivity contribution is 0.252. The molecule has 1 atom stereocenters.